The summed E-state index contributed by atoms with van der Waals surface area (Å²) < 4.78 is 12.2. The van der Waals surface area contributed by atoms with Crippen molar-refractivity contribution < 1.29 is 14.3 Å². The summed E-state index contributed by atoms with van der Waals surface area (Å²) in [6.45, 7) is 7.68. The van der Waals surface area contributed by atoms with Crippen LogP contribution in [0.4, 0.5) is 0 Å². The van der Waals surface area contributed by atoms with E-state index in [4.69, 9.17) is 9.47 Å². The first-order valence-electron chi connectivity index (χ1n) is 7.12. The molecule has 0 N–H and O–H groups in total. The molecule has 0 aromatic carbocycles. The Balaban J connectivity index is 2.61. The Bertz CT molecular complexity index is 812. The summed E-state index contributed by atoms with van der Waals surface area (Å²) in [5.74, 6) is -0.344. The van der Waals surface area contributed by atoms with E-state index < -0.39 is 5.97 Å². The van der Waals surface area contributed by atoms with Crippen molar-refractivity contribution in [3.63, 3.8) is 0 Å². The molecule has 0 saturated carbocycles. The SMILES string of the molecule is C=CCOc1nc2c(C)cccn2c1/C=C(\C#N)C(=O)OCC. The highest BCUT2D eigenvalue weighted by atomic mass is 16.5. The number of rotatable bonds is 6. The van der Waals surface area contributed by atoms with Gasteiger partial charge in [0.25, 0.3) is 0 Å². The van der Waals surface area contributed by atoms with Crippen molar-refractivity contribution in [2.45, 2.75) is 13.8 Å². The summed E-state index contributed by atoms with van der Waals surface area (Å²) >= 11 is 0. The van der Waals surface area contributed by atoms with Gasteiger partial charge in [0.2, 0.25) is 5.88 Å². The van der Waals surface area contributed by atoms with Crippen LogP contribution in [-0.4, -0.2) is 28.6 Å². The largest absolute Gasteiger partial charge is 0.472 e. The van der Waals surface area contributed by atoms with Crippen LogP contribution in [0.1, 0.15) is 18.2 Å². The van der Waals surface area contributed by atoms with Crippen LogP contribution >= 0.6 is 0 Å². The fourth-order valence-electron chi connectivity index (χ4n) is 2.06. The second-order valence-corrected chi connectivity index (χ2v) is 4.68. The summed E-state index contributed by atoms with van der Waals surface area (Å²) in [5, 5.41) is 9.21. The van der Waals surface area contributed by atoms with Gasteiger partial charge in [0, 0.05) is 6.20 Å². The Labute approximate surface area is 134 Å². The van der Waals surface area contributed by atoms with Gasteiger partial charge < -0.3 is 9.47 Å². The molecule has 0 bridgehead atoms. The van der Waals surface area contributed by atoms with E-state index in [0.29, 0.717) is 17.2 Å². The topological polar surface area (TPSA) is 76.6 Å². The molecule has 2 aromatic heterocycles. The van der Waals surface area contributed by atoms with Crippen LogP contribution < -0.4 is 4.74 Å². The van der Waals surface area contributed by atoms with E-state index in [1.807, 2.05) is 25.1 Å². The van der Waals surface area contributed by atoms with Crippen molar-refractivity contribution in [2.24, 2.45) is 0 Å². The minimum Gasteiger partial charge on any atom is -0.472 e. The van der Waals surface area contributed by atoms with Crippen LogP contribution in [0.15, 0.2) is 36.6 Å². The van der Waals surface area contributed by atoms with Crippen molar-refractivity contribution in [2.75, 3.05) is 13.2 Å². The Kier molecular flexibility index (Phi) is 5.15. The number of fused-ring (bicyclic) bond motifs is 1. The number of esters is 1. The third kappa shape index (κ3) is 3.40. The van der Waals surface area contributed by atoms with Crippen molar-refractivity contribution >= 4 is 17.7 Å². The predicted molar refractivity (Wildman–Crippen MR) is 85.8 cm³/mol. The van der Waals surface area contributed by atoms with E-state index >= 15 is 0 Å². The molecule has 118 valence electrons. The number of aryl methyl sites for hydroxylation is 1. The summed E-state index contributed by atoms with van der Waals surface area (Å²) in [4.78, 5) is 16.3. The number of pyridine rings is 1. The lowest BCUT2D eigenvalue weighted by molar-refractivity contribution is -0.137. The first kappa shape index (κ1) is 16.3. The van der Waals surface area contributed by atoms with Gasteiger partial charge in [-0.25, -0.2) is 4.79 Å². The Morgan fingerprint density at radius 3 is 3.00 bits per heavy atom. The summed E-state index contributed by atoms with van der Waals surface area (Å²) in [6, 6.07) is 5.63. The predicted octanol–water partition coefficient (Wildman–Crippen LogP) is 2.68. The fraction of sp³-hybridized carbons (Fsp3) is 0.235. The molecule has 6 nitrogen and oxygen atoms in total. The Morgan fingerprint density at radius 2 is 2.35 bits per heavy atom. The zero-order valence-electron chi connectivity index (χ0n) is 13.1. The molecule has 2 rings (SSSR count). The van der Waals surface area contributed by atoms with Gasteiger partial charge >= 0.3 is 5.97 Å². The van der Waals surface area contributed by atoms with Gasteiger partial charge in [-0.2, -0.15) is 10.2 Å². The smallest absolute Gasteiger partial charge is 0.348 e. The quantitative estimate of drug-likeness (QED) is 0.355. The van der Waals surface area contributed by atoms with Crippen LogP contribution in [0, 0.1) is 18.3 Å². The van der Waals surface area contributed by atoms with Crippen LogP contribution in [0.25, 0.3) is 11.7 Å². The van der Waals surface area contributed by atoms with Crippen molar-refractivity contribution in [3.05, 3.63) is 47.8 Å². The Hall–Kier alpha value is -3.07. The molecule has 0 fully saturated rings. The van der Waals surface area contributed by atoms with Crippen molar-refractivity contribution in [3.8, 4) is 11.9 Å². The van der Waals surface area contributed by atoms with Gasteiger partial charge in [0.1, 0.15) is 29.6 Å². The Morgan fingerprint density at radius 1 is 1.57 bits per heavy atom. The van der Waals surface area contributed by atoms with Crippen LogP contribution in [0.3, 0.4) is 0 Å². The molecule has 0 unspecified atom stereocenters. The lowest BCUT2D eigenvalue weighted by Crippen LogP contribution is -2.06. The third-order valence-electron chi connectivity index (χ3n) is 3.08. The molecule has 0 saturated heterocycles. The second-order valence-electron chi connectivity index (χ2n) is 4.68. The number of nitriles is 1. The number of carbonyl (C=O) groups is 1. The van der Waals surface area contributed by atoms with Gasteiger partial charge in [-0.1, -0.05) is 18.7 Å². The fourth-order valence-corrected chi connectivity index (χ4v) is 2.06. The summed E-state index contributed by atoms with van der Waals surface area (Å²) in [5.41, 5.74) is 2.04. The van der Waals surface area contributed by atoms with E-state index in [1.165, 1.54) is 6.08 Å². The highest BCUT2D eigenvalue weighted by Crippen LogP contribution is 2.24. The lowest BCUT2D eigenvalue weighted by atomic mass is 10.2. The molecule has 0 spiro atoms. The van der Waals surface area contributed by atoms with Crippen molar-refractivity contribution in [1.82, 2.24) is 9.38 Å². The van der Waals surface area contributed by atoms with E-state index in [-0.39, 0.29) is 18.8 Å². The number of imidazole rings is 1. The molecule has 0 aliphatic rings. The number of hydrogen-bond donors (Lipinski definition) is 0. The maximum absolute atomic E-state index is 11.8. The normalized spacial score (nSPS) is 11.1. The highest BCUT2D eigenvalue weighted by molar-refractivity contribution is 5.98. The monoisotopic (exact) mass is 311 g/mol. The van der Waals surface area contributed by atoms with Crippen LogP contribution in [0.5, 0.6) is 5.88 Å². The minimum absolute atomic E-state index is 0.112. The lowest BCUT2D eigenvalue weighted by Gasteiger charge is -2.03. The van der Waals surface area contributed by atoms with Crippen molar-refractivity contribution in [1.29, 1.82) is 5.26 Å². The number of nitrogens with zero attached hydrogens (tertiary/aromatic N) is 3. The zero-order valence-corrected chi connectivity index (χ0v) is 13.1. The molecule has 0 atom stereocenters. The molecule has 2 aromatic rings. The van der Waals surface area contributed by atoms with Gasteiger partial charge in [-0.15, -0.1) is 0 Å². The zero-order chi connectivity index (χ0) is 16.8. The van der Waals surface area contributed by atoms with E-state index in [0.717, 1.165) is 5.56 Å². The van der Waals surface area contributed by atoms with Gasteiger partial charge in [0.05, 0.1) is 6.61 Å². The van der Waals surface area contributed by atoms with Gasteiger partial charge in [-0.05, 0) is 31.6 Å². The minimum atomic E-state index is -0.674. The number of carbonyl (C=O) groups excluding carboxylic acids is 1. The maximum atomic E-state index is 11.8. The number of ether oxygens (including phenoxy) is 2. The molecular formula is C17H17N3O3. The van der Waals surface area contributed by atoms with Crippen LogP contribution in [0.2, 0.25) is 0 Å². The first-order valence-corrected chi connectivity index (χ1v) is 7.12. The average molecular weight is 311 g/mol. The maximum Gasteiger partial charge on any atom is 0.348 e. The summed E-state index contributed by atoms with van der Waals surface area (Å²) in [6.07, 6.45) is 4.82. The third-order valence-corrected chi connectivity index (χ3v) is 3.08. The number of hydrogen-bond acceptors (Lipinski definition) is 5. The average Bonchev–Trinajstić information content (AvgIpc) is 2.89. The van der Waals surface area contributed by atoms with Gasteiger partial charge in [-0.3, -0.25) is 4.40 Å². The van der Waals surface area contributed by atoms with E-state index in [9.17, 15) is 10.1 Å². The molecule has 6 heteroatoms. The molecular weight excluding hydrogens is 294 g/mol. The van der Waals surface area contributed by atoms with Gasteiger partial charge in [0.15, 0.2) is 0 Å². The van der Waals surface area contributed by atoms with Crippen LogP contribution in [-0.2, 0) is 9.53 Å². The van der Waals surface area contributed by atoms with E-state index in [2.05, 4.69) is 11.6 Å². The first-order chi connectivity index (χ1) is 11.1. The standard InChI is InChI=1S/C17H17N3O3/c1-4-9-23-16-14(10-13(11-18)17(21)22-5-2)20-8-6-7-12(3)15(20)19-16/h4,6-8,10H,1,5,9H2,2-3H3/b13-10+. The molecule has 2 heterocycles. The summed E-state index contributed by atoms with van der Waals surface area (Å²) in [7, 11) is 0. The number of aromatic nitrogens is 2. The molecule has 0 amide bonds. The molecule has 23 heavy (non-hydrogen) atoms. The highest BCUT2D eigenvalue weighted by Gasteiger charge is 2.17. The van der Waals surface area contributed by atoms with E-state index in [1.54, 1.807) is 23.6 Å². The molecule has 0 aliphatic heterocycles. The molecule has 0 aliphatic carbocycles. The second kappa shape index (κ2) is 7.27. The molecule has 0 radical (unpaired) electrons.